The lowest BCUT2D eigenvalue weighted by atomic mass is 10.1. The number of halogens is 1. The number of hydrogen-bond acceptors (Lipinski definition) is 5. The predicted molar refractivity (Wildman–Crippen MR) is 118 cm³/mol. The highest BCUT2D eigenvalue weighted by molar-refractivity contribution is 6.30. The van der Waals surface area contributed by atoms with Gasteiger partial charge in [0.1, 0.15) is 0 Å². The summed E-state index contributed by atoms with van der Waals surface area (Å²) in [5.74, 6) is -0.927. The van der Waals surface area contributed by atoms with Crippen LogP contribution in [-0.4, -0.2) is 31.6 Å². The van der Waals surface area contributed by atoms with E-state index < -0.39 is 11.8 Å². The molecule has 0 saturated carbocycles. The highest BCUT2D eigenvalue weighted by Crippen LogP contribution is 2.22. The molecular formula is C22H17ClN6O2. The van der Waals surface area contributed by atoms with Crippen LogP contribution in [-0.2, 0) is 0 Å². The standard InChI is InChI=1S/C22H17ClN6O2/c1-14-18(20(30)27-22-24-12-5-13-25-22)19(21(31)26-16-6-3-2-4-7-16)28-29(14)17-10-8-15(23)9-11-17/h2-13H,1H3,(H,26,31)(H,24,25,27,30). The van der Waals surface area contributed by atoms with Gasteiger partial charge < -0.3 is 5.32 Å². The molecular weight excluding hydrogens is 416 g/mol. The maximum atomic E-state index is 13.1. The van der Waals surface area contributed by atoms with Gasteiger partial charge in [-0.05, 0) is 49.4 Å². The first-order valence-corrected chi connectivity index (χ1v) is 9.71. The smallest absolute Gasteiger partial charge is 0.277 e. The molecule has 4 rings (SSSR count). The van der Waals surface area contributed by atoms with Gasteiger partial charge in [-0.3, -0.25) is 14.9 Å². The van der Waals surface area contributed by atoms with Crippen molar-refractivity contribution in [2.75, 3.05) is 10.6 Å². The summed E-state index contributed by atoms with van der Waals surface area (Å²) < 4.78 is 1.52. The van der Waals surface area contributed by atoms with Crippen LogP contribution < -0.4 is 10.6 Å². The van der Waals surface area contributed by atoms with Crippen LogP contribution >= 0.6 is 11.6 Å². The molecule has 2 aromatic carbocycles. The van der Waals surface area contributed by atoms with Crippen molar-refractivity contribution in [3.05, 3.63) is 95.0 Å². The molecule has 31 heavy (non-hydrogen) atoms. The van der Waals surface area contributed by atoms with Crippen LogP contribution in [0, 0.1) is 6.92 Å². The largest absolute Gasteiger partial charge is 0.321 e. The molecule has 2 heterocycles. The van der Waals surface area contributed by atoms with Gasteiger partial charge in [-0.2, -0.15) is 5.10 Å². The second kappa shape index (κ2) is 8.76. The number of rotatable bonds is 5. The Hall–Kier alpha value is -4.04. The Bertz CT molecular complexity index is 1220. The lowest BCUT2D eigenvalue weighted by Crippen LogP contribution is -2.21. The van der Waals surface area contributed by atoms with E-state index in [-0.39, 0.29) is 17.2 Å². The molecule has 8 nitrogen and oxygen atoms in total. The van der Waals surface area contributed by atoms with Crippen LogP contribution in [0.5, 0.6) is 0 Å². The molecule has 4 aromatic rings. The molecule has 0 unspecified atom stereocenters. The average molecular weight is 433 g/mol. The molecule has 0 saturated heterocycles. The number of carbonyl (C=O) groups excluding carboxylic acids is 2. The number of carbonyl (C=O) groups is 2. The Morgan fingerprint density at radius 1 is 0.871 bits per heavy atom. The predicted octanol–water partition coefficient (Wildman–Crippen LogP) is 4.13. The van der Waals surface area contributed by atoms with E-state index in [1.807, 2.05) is 6.07 Å². The van der Waals surface area contributed by atoms with Gasteiger partial charge in [-0.1, -0.05) is 29.8 Å². The number of hydrogen-bond donors (Lipinski definition) is 2. The average Bonchev–Trinajstić information content (AvgIpc) is 3.13. The van der Waals surface area contributed by atoms with Crippen LogP contribution in [0.1, 0.15) is 26.5 Å². The maximum absolute atomic E-state index is 13.1. The second-order valence-electron chi connectivity index (χ2n) is 6.54. The third-order valence-corrected chi connectivity index (χ3v) is 4.70. The van der Waals surface area contributed by atoms with Crippen molar-refractivity contribution in [2.45, 2.75) is 6.92 Å². The zero-order chi connectivity index (χ0) is 21.8. The van der Waals surface area contributed by atoms with Gasteiger partial charge in [0.2, 0.25) is 5.95 Å². The van der Waals surface area contributed by atoms with Gasteiger partial charge in [0.25, 0.3) is 11.8 Å². The van der Waals surface area contributed by atoms with E-state index in [4.69, 9.17) is 11.6 Å². The lowest BCUT2D eigenvalue weighted by molar-refractivity contribution is 0.0987. The van der Waals surface area contributed by atoms with Crippen LogP contribution in [0.4, 0.5) is 11.6 Å². The van der Waals surface area contributed by atoms with Gasteiger partial charge in [-0.25, -0.2) is 14.6 Å². The Morgan fingerprint density at radius 3 is 2.23 bits per heavy atom. The number of benzene rings is 2. The summed E-state index contributed by atoms with van der Waals surface area (Å²) in [6.07, 6.45) is 3.02. The number of amides is 2. The molecule has 9 heteroatoms. The fourth-order valence-electron chi connectivity index (χ4n) is 3.01. The zero-order valence-electron chi connectivity index (χ0n) is 16.4. The number of nitrogens with zero attached hydrogens (tertiary/aromatic N) is 4. The van der Waals surface area contributed by atoms with Crippen molar-refractivity contribution >= 4 is 35.1 Å². The Labute approximate surface area is 182 Å². The first-order chi connectivity index (χ1) is 15.0. The first kappa shape index (κ1) is 20.2. The van der Waals surface area contributed by atoms with Crippen molar-refractivity contribution in [1.82, 2.24) is 19.7 Å². The Balaban J connectivity index is 1.75. The van der Waals surface area contributed by atoms with Gasteiger partial charge in [0.15, 0.2) is 5.69 Å². The molecule has 2 aromatic heterocycles. The molecule has 2 N–H and O–H groups in total. The van der Waals surface area contributed by atoms with E-state index in [9.17, 15) is 9.59 Å². The van der Waals surface area contributed by atoms with Crippen LogP contribution in [0.2, 0.25) is 5.02 Å². The fourth-order valence-corrected chi connectivity index (χ4v) is 3.13. The summed E-state index contributed by atoms with van der Waals surface area (Å²) in [5, 5.41) is 10.4. The first-order valence-electron chi connectivity index (χ1n) is 9.33. The van der Waals surface area contributed by atoms with E-state index in [1.165, 1.54) is 17.1 Å². The van der Waals surface area contributed by atoms with Gasteiger partial charge in [-0.15, -0.1) is 0 Å². The molecule has 0 fully saturated rings. The van der Waals surface area contributed by atoms with Crippen LogP contribution in [0.15, 0.2) is 73.1 Å². The molecule has 0 radical (unpaired) electrons. The van der Waals surface area contributed by atoms with Gasteiger partial charge in [0, 0.05) is 23.1 Å². The van der Waals surface area contributed by atoms with Crippen molar-refractivity contribution in [2.24, 2.45) is 0 Å². The number of aromatic nitrogens is 4. The minimum atomic E-state index is -0.540. The van der Waals surface area contributed by atoms with E-state index in [0.717, 1.165) is 0 Å². The summed E-state index contributed by atoms with van der Waals surface area (Å²) in [7, 11) is 0. The van der Waals surface area contributed by atoms with E-state index in [1.54, 1.807) is 61.5 Å². The summed E-state index contributed by atoms with van der Waals surface area (Å²) >= 11 is 5.99. The van der Waals surface area contributed by atoms with Crippen molar-refractivity contribution in [1.29, 1.82) is 0 Å². The molecule has 0 aliphatic carbocycles. The molecule has 0 aliphatic rings. The highest BCUT2D eigenvalue weighted by atomic mass is 35.5. The molecule has 0 bridgehead atoms. The SMILES string of the molecule is Cc1c(C(=O)Nc2ncccn2)c(C(=O)Nc2ccccc2)nn1-c1ccc(Cl)cc1. The number of para-hydroxylation sites is 1. The lowest BCUT2D eigenvalue weighted by Gasteiger charge is -2.06. The van der Waals surface area contributed by atoms with E-state index >= 15 is 0 Å². The Morgan fingerprint density at radius 2 is 1.55 bits per heavy atom. The quantitative estimate of drug-likeness (QED) is 0.493. The molecule has 0 atom stereocenters. The minimum absolute atomic E-state index is 0.0234. The zero-order valence-corrected chi connectivity index (χ0v) is 17.2. The van der Waals surface area contributed by atoms with E-state index in [2.05, 4.69) is 25.7 Å². The molecule has 2 amide bonds. The van der Waals surface area contributed by atoms with Gasteiger partial charge in [0.05, 0.1) is 16.9 Å². The van der Waals surface area contributed by atoms with Crippen molar-refractivity contribution < 1.29 is 9.59 Å². The monoisotopic (exact) mass is 432 g/mol. The highest BCUT2D eigenvalue weighted by Gasteiger charge is 2.27. The molecule has 0 aliphatic heterocycles. The normalized spacial score (nSPS) is 10.5. The van der Waals surface area contributed by atoms with E-state index in [0.29, 0.717) is 22.1 Å². The minimum Gasteiger partial charge on any atom is -0.321 e. The van der Waals surface area contributed by atoms with Crippen LogP contribution in [0.3, 0.4) is 0 Å². The Kier molecular flexibility index (Phi) is 5.72. The van der Waals surface area contributed by atoms with Crippen LogP contribution in [0.25, 0.3) is 5.69 Å². The number of nitrogens with one attached hydrogen (secondary N) is 2. The van der Waals surface area contributed by atoms with Crippen molar-refractivity contribution in [3.8, 4) is 5.69 Å². The van der Waals surface area contributed by atoms with Gasteiger partial charge >= 0.3 is 0 Å². The summed E-state index contributed by atoms with van der Waals surface area (Å²) in [4.78, 5) is 34.1. The summed E-state index contributed by atoms with van der Waals surface area (Å²) in [6.45, 7) is 1.71. The van der Waals surface area contributed by atoms with Crippen molar-refractivity contribution in [3.63, 3.8) is 0 Å². The summed E-state index contributed by atoms with van der Waals surface area (Å²) in [6, 6.07) is 17.5. The molecule has 0 spiro atoms. The fraction of sp³-hybridized carbons (Fsp3) is 0.0455. The maximum Gasteiger partial charge on any atom is 0.277 e. The third kappa shape index (κ3) is 4.44. The molecule has 154 valence electrons. The second-order valence-corrected chi connectivity index (χ2v) is 6.98. The summed E-state index contributed by atoms with van der Waals surface area (Å²) in [5.41, 5.74) is 1.82. The topological polar surface area (TPSA) is 102 Å². The third-order valence-electron chi connectivity index (χ3n) is 4.45. The number of anilines is 2.